The number of carbonyl (C=O) groups is 3. The number of aliphatic carboxylic acids is 1. The third-order valence-corrected chi connectivity index (χ3v) is 4.88. The van der Waals surface area contributed by atoms with Crippen molar-refractivity contribution in [2.24, 2.45) is 0 Å². The number of imide groups is 1. The number of carbonyl (C=O) groups excluding carboxylic acids is 2. The van der Waals surface area contributed by atoms with E-state index in [0.717, 1.165) is 36.8 Å². The zero-order valence-electron chi connectivity index (χ0n) is 15.8. The number of nitrogens with zero attached hydrogens (tertiary/aromatic N) is 3. The second-order valence-electron chi connectivity index (χ2n) is 6.82. The van der Waals surface area contributed by atoms with Gasteiger partial charge in [-0.3, -0.25) is 19.7 Å². The second kappa shape index (κ2) is 8.69. The maximum Gasteiger partial charge on any atom is 0.490 e. The lowest BCUT2D eigenvalue weighted by Crippen LogP contribution is -2.58. The van der Waals surface area contributed by atoms with Crippen molar-refractivity contribution in [1.82, 2.24) is 20.4 Å². The van der Waals surface area contributed by atoms with Crippen molar-refractivity contribution in [2.45, 2.75) is 31.5 Å². The van der Waals surface area contributed by atoms with Gasteiger partial charge in [0.25, 0.3) is 0 Å². The fraction of sp³-hybridized carbons (Fsp3) is 0.444. The highest BCUT2D eigenvalue weighted by atomic mass is 19.4. The summed E-state index contributed by atoms with van der Waals surface area (Å²) in [6.45, 7) is 2.06. The molecule has 2 aliphatic rings. The Bertz CT molecular complexity index is 939. The minimum absolute atomic E-state index is 0.00995. The highest BCUT2D eigenvalue weighted by Crippen LogP contribution is 2.28. The topological polar surface area (TPSA) is 119 Å². The van der Waals surface area contributed by atoms with Gasteiger partial charge < -0.3 is 10.4 Å². The molecule has 1 aromatic carbocycles. The van der Waals surface area contributed by atoms with Crippen LogP contribution in [0.25, 0.3) is 10.9 Å². The molecular formula is C18H20F3N5O4. The Morgan fingerprint density at radius 2 is 1.80 bits per heavy atom. The molecule has 3 amide bonds. The predicted octanol–water partition coefficient (Wildman–Crippen LogP) is 2.11. The summed E-state index contributed by atoms with van der Waals surface area (Å²) in [5, 5.41) is 18.6. The first-order chi connectivity index (χ1) is 14.2. The molecule has 3 N–H and O–H groups in total. The summed E-state index contributed by atoms with van der Waals surface area (Å²) in [6, 6.07) is 7.45. The number of fused-ring (bicyclic) bond motifs is 1. The summed E-state index contributed by atoms with van der Waals surface area (Å²) in [7, 11) is 0. The number of urea groups is 1. The van der Waals surface area contributed by atoms with Crippen molar-refractivity contribution in [1.29, 1.82) is 0 Å². The SMILES string of the molecule is O=C(O)C(F)(F)F.O=C1CCN(c2n[nH]c3ccccc23)C(=O)N1C1CCNCC1. The lowest BCUT2D eigenvalue weighted by molar-refractivity contribution is -0.192. The molecule has 2 saturated heterocycles. The van der Waals surface area contributed by atoms with Gasteiger partial charge in [0.2, 0.25) is 5.91 Å². The van der Waals surface area contributed by atoms with Crippen molar-refractivity contribution in [3.8, 4) is 0 Å². The number of carboxylic acids is 1. The fourth-order valence-corrected chi connectivity index (χ4v) is 3.44. The Balaban J connectivity index is 0.000000318. The lowest BCUT2D eigenvalue weighted by atomic mass is 10.0. The van der Waals surface area contributed by atoms with Crippen LogP contribution in [0.5, 0.6) is 0 Å². The largest absolute Gasteiger partial charge is 0.490 e. The highest BCUT2D eigenvalue weighted by Gasteiger charge is 2.39. The molecule has 1 aromatic heterocycles. The van der Waals surface area contributed by atoms with Crippen molar-refractivity contribution in [3.63, 3.8) is 0 Å². The van der Waals surface area contributed by atoms with Gasteiger partial charge in [-0.25, -0.2) is 9.59 Å². The van der Waals surface area contributed by atoms with E-state index in [9.17, 15) is 22.8 Å². The zero-order valence-corrected chi connectivity index (χ0v) is 15.8. The minimum Gasteiger partial charge on any atom is -0.475 e. The van der Waals surface area contributed by atoms with Crippen LogP contribution < -0.4 is 10.2 Å². The molecule has 4 rings (SSSR count). The number of rotatable bonds is 2. The monoisotopic (exact) mass is 427 g/mol. The van der Waals surface area contributed by atoms with Crippen LogP contribution in [0.3, 0.4) is 0 Å². The van der Waals surface area contributed by atoms with Gasteiger partial charge in [-0.1, -0.05) is 12.1 Å². The first-order valence-corrected chi connectivity index (χ1v) is 9.27. The molecule has 0 radical (unpaired) electrons. The number of amides is 3. The summed E-state index contributed by atoms with van der Waals surface area (Å²) in [5.41, 5.74) is 0.889. The van der Waals surface area contributed by atoms with Crippen LogP contribution in [0, 0.1) is 0 Å². The lowest BCUT2D eigenvalue weighted by Gasteiger charge is -2.39. The van der Waals surface area contributed by atoms with Crippen molar-refractivity contribution in [3.05, 3.63) is 24.3 Å². The molecule has 3 heterocycles. The molecule has 2 fully saturated rings. The number of hydrogen-bond acceptors (Lipinski definition) is 5. The van der Waals surface area contributed by atoms with Gasteiger partial charge >= 0.3 is 18.2 Å². The molecule has 0 bridgehead atoms. The van der Waals surface area contributed by atoms with E-state index in [1.807, 2.05) is 24.3 Å². The maximum atomic E-state index is 12.9. The zero-order chi connectivity index (χ0) is 21.9. The number of benzene rings is 1. The van der Waals surface area contributed by atoms with E-state index < -0.39 is 12.1 Å². The van der Waals surface area contributed by atoms with E-state index in [1.54, 1.807) is 4.90 Å². The molecule has 0 unspecified atom stereocenters. The van der Waals surface area contributed by atoms with Crippen LogP contribution in [0.2, 0.25) is 0 Å². The molecule has 9 nitrogen and oxygen atoms in total. The number of para-hydroxylation sites is 1. The maximum absolute atomic E-state index is 12.9. The average Bonchev–Trinajstić information content (AvgIpc) is 3.13. The highest BCUT2D eigenvalue weighted by molar-refractivity contribution is 6.09. The summed E-state index contributed by atoms with van der Waals surface area (Å²) >= 11 is 0. The van der Waals surface area contributed by atoms with Crippen molar-refractivity contribution in [2.75, 3.05) is 24.5 Å². The quantitative estimate of drug-likeness (QED) is 0.676. The molecule has 0 atom stereocenters. The van der Waals surface area contributed by atoms with Gasteiger partial charge in [0.1, 0.15) is 0 Å². The molecule has 162 valence electrons. The third-order valence-electron chi connectivity index (χ3n) is 4.88. The number of aromatic amines is 1. The molecule has 2 aromatic rings. The number of alkyl halides is 3. The van der Waals surface area contributed by atoms with Gasteiger partial charge in [-0.05, 0) is 38.1 Å². The van der Waals surface area contributed by atoms with Gasteiger partial charge in [-0.2, -0.15) is 18.3 Å². The Kier molecular flexibility index (Phi) is 6.25. The Labute approximate surface area is 168 Å². The van der Waals surface area contributed by atoms with E-state index >= 15 is 0 Å². The molecule has 2 aliphatic heterocycles. The Morgan fingerprint density at radius 3 is 2.43 bits per heavy atom. The number of H-pyrrole nitrogens is 1. The normalized spacial score (nSPS) is 18.4. The molecule has 12 heteroatoms. The second-order valence-corrected chi connectivity index (χ2v) is 6.82. The van der Waals surface area contributed by atoms with Crippen LogP contribution in [0.15, 0.2) is 24.3 Å². The summed E-state index contributed by atoms with van der Waals surface area (Å²) in [4.78, 5) is 37.2. The van der Waals surface area contributed by atoms with E-state index in [1.165, 1.54) is 4.90 Å². The standard InChI is InChI=1S/C16H19N5O2.C2HF3O2/c22-14-7-10-20(15-12-3-1-2-4-13(12)18-19-15)16(23)21(14)11-5-8-17-9-6-11;3-2(4,5)1(6)7/h1-4,11,17H,5-10H2,(H,18,19);(H,6,7). The van der Waals surface area contributed by atoms with Crippen molar-refractivity contribution < 1.29 is 32.7 Å². The van der Waals surface area contributed by atoms with E-state index in [-0.39, 0.29) is 18.0 Å². The summed E-state index contributed by atoms with van der Waals surface area (Å²) in [5.74, 6) is -2.22. The number of hydrogen-bond donors (Lipinski definition) is 3. The summed E-state index contributed by atoms with van der Waals surface area (Å²) < 4.78 is 31.7. The smallest absolute Gasteiger partial charge is 0.475 e. The number of nitrogens with one attached hydrogen (secondary N) is 2. The van der Waals surface area contributed by atoms with Gasteiger partial charge in [0.05, 0.1) is 5.52 Å². The van der Waals surface area contributed by atoms with Gasteiger partial charge in [0.15, 0.2) is 5.82 Å². The van der Waals surface area contributed by atoms with Gasteiger partial charge in [-0.15, -0.1) is 0 Å². The molecule has 0 aliphatic carbocycles. The molecular weight excluding hydrogens is 407 g/mol. The first-order valence-electron chi connectivity index (χ1n) is 9.27. The third kappa shape index (κ3) is 4.53. The number of piperidine rings is 1. The fourth-order valence-electron chi connectivity index (χ4n) is 3.44. The average molecular weight is 427 g/mol. The Morgan fingerprint density at radius 1 is 1.17 bits per heavy atom. The Hall–Kier alpha value is -3.15. The number of anilines is 1. The number of carboxylic acid groups (broad SMARTS) is 1. The molecule has 0 spiro atoms. The molecule has 0 saturated carbocycles. The van der Waals surface area contributed by atoms with E-state index in [0.29, 0.717) is 18.8 Å². The van der Waals surface area contributed by atoms with Crippen LogP contribution in [-0.2, 0) is 9.59 Å². The predicted molar refractivity (Wildman–Crippen MR) is 99.9 cm³/mol. The van der Waals surface area contributed by atoms with Crippen molar-refractivity contribution >= 4 is 34.6 Å². The van der Waals surface area contributed by atoms with E-state index in [2.05, 4.69) is 15.5 Å². The minimum atomic E-state index is -5.08. The van der Waals surface area contributed by atoms with Crippen LogP contribution in [0.1, 0.15) is 19.3 Å². The van der Waals surface area contributed by atoms with Crippen LogP contribution in [-0.4, -0.2) is 70.0 Å². The first kappa shape index (κ1) is 21.6. The van der Waals surface area contributed by atoms with E-state index in [4.69, 9.17) is 9.90 Å². The van der Waals surface area contributed by atoms with Crippen LogP contribution in [0.4, 0.5) is 23.8 Å². The number of aromatic nitrogens is 2. The summed E-state index contributed by atoms with van der Waals surface area (Å²) in [6.07, 6.45) is -3.11. The number of halogens is 3. The van der Waals surface area contributed by atoms with Crippen LogP contribution >= 0.6 is 0 Å². The molecule has 30 heavy (non-hydrogen) atoms. The van der Waals surface area contributed by atoms with Gasteiger partial charge in [0, 0.05) is 24.4 Å².